The van der Waals surface area contributed by atoms with Gasteiger partial charge in [0.05, 0.1) is 32.8 Å². The second-order valence-electron chi connectivity index (χ2n) is 8.57. The molecule has 0 spiro atoms. The highest BCUT2D eigenvalue weighted by Crippen LogP contribution is 2.36. The zero-order chi connectivity index (χ0) is 23.9. The zero-order valence-corrected chi connectivity index (χ0v) is 20.6. The summed E-state index contributed by atoms with van der Waals surface area (Å²) in [6.45, 7) is 1.62. The summed E-state index contributed by atoms with van der Waals surface area (Å²) in [7, 11) is 2.02. The summed E-state index contributed by atoms with van der Waals surface area (Å²) in [5.41, 5.74) is 5.91. The Labute approximate surface area is 211 Å². The number of imidazole rings is 1. The molecule has 5 aromatic rings. The summed E-state index contributed by atoms with van der Waals surface area (Å²) < 4.78 is 2.08. The number of amides is 1. The molecule has 2 aromatic carbocycles. The Morgan fingerprint density at radius 1 is 1.11 bits per heavy atom. The number of anilines is 2. The van der Waals surface area contributed by atoms with Crippen LogP contribution in [-0.2, 0) is 20.0 Å². The van der Waals surface area contributed by atoms with Crippen molar-refractivity contribution in [2.45, 2.75) is 13.0 Å². The molecule has 0 saturated heterocycles. The second-order valence-corrected chi connectivity index (χ2v) is 10.1. The number of halogens is 1. The second kappa shape index (κ2) is 8.83. The number of thiophene rings is 1. The van der Waals surface area contributed by atoms with Crippen LogP contribution in [0.1, 0.15) is 20.1 Å². The Kier molecular flexibility index (Phi) is 5.51. The molecule has 0 atom stereocenters. The third-order valence-corrected chi connectivity index (χ3v) is 7.92. The van der Waals surface area contributed by atoms with E-state index in [1.807, 2.05) is 43.4 Å². The fourth-order valence-corrected chi connectivity index (χ4v) is 5.82. The van der Waals surface area contributed by atoms with Gasteiger partial charge in [-0.2, -0.15) is 0 Å². The molecule has 0 unspecified atom stereocenters. The van der Waals surface area contributed by atoms with Crippen LogP contribution < -0.4 is 10.2 Å². The Hall–Kier alpha value is -3.68. The normalized spacial score (nSPS) is 13.1. The predicted molar refractivity (Wildman–Crippen MR) is 142 cm³/mol. The van der Waals surface area contributed by atoms with E-state index in [4.69, 9.17) is 16.6 Å². The monoisotopic (exact) mass is 499 g/mol. The summed E-state index contributed by atoms with van der Waals surface area (Å²) in [5.74, 6) is 0.750. The van der Waals surface area contributed by atoms with Crippen molar-refractivity contribution in [2.75, 3.05) is 16.8 Å². The number of carbonyl (C=O) groups excluding carboxylic acids is 1. The molecule has 0 aliphatic carbocycles. The first-order valence-corrected chi connectivity index (χ1v) is 12.6. The number of rotatable bonds is 4. The number of pyridine rings is 1. The Morgan fingerprint density at radius 2 is 2.00 bits per heavy atom. The number of nitrogens with one attached hydrogen (secondary N) is 1. The molecular weight excluding hydrogens is 478 g/mol. The van der Waals surface area contributed by atoms with Crippen molar-refractivity contribution >= 4 is 51.3 Å². The Morgan fingerprint density at radius 3 is 2.83 bits per heavy atom. The van der Waals surface area contributed by atoms with Crippen LogP contribution in [0.2, 0.25) is 5.02 Å². The van der Waals surface area contributed by atoms with E-state index < -0.39 is 0 Å². The van der Waals surface area contributed by atoms with Gasteiger partial charge in [0, 0.05) is 42.5 Å². The highest BCUT2D eigenvalue weighted by atomic mass is 35.5. The van der Waals surface area contributed by atoms with Crippen molar-refractivity contribution in [1.82, 2.24) is 14.5 Å². The fourth-order valence-electron chi connectivity index (χ4n) is 4.56. The molecule has 0 bridgehead atoms. The van der Waals surface area contributed by atoms with Crippen molar-refractivity contribution in [3.8, 4) is 11.4 Å². The summed E-state index contributed by atoms with van der Waals surface area (Å²) in [5, 5.41) is 3.61. The van der Waals surface area contributed by atoms with Crippen LogP contribution in [0.4, 0.5) is 11.4 Å². The van der Waals surface area contributed by atoms with Crippen LogP contribution in [-0.4, -0.2) is 27.0 Å². The van der Waals surface area contributed by atoms with Gasteiger partial charge in [-0.25, -0.2) is 4.98 Å². The Balaban J connectivity index is 1.26. The molecule has 1 amide bonds. The van der Waals surface area contributed by atoms with Gasteiger partial charge in [-0.3, -0.25) is 9.78 Å². The van der Waals surface area contributed by atoms with Crippen molar-refractivity contribution < 1.29 is 4.79 Å². The maximum atomic E-state index is 12.8. The number of hydrogen-bond donors (Lipinski definition) is 1. The summed E-state index contributed by atoms with van der Waals surface area (Å²) in [6.07, 6.45) is 4.23. The lowest BCUT2D eigenvalue weighted by atomic mass is 10.1. The quantitative estimate of drug-likeness (QED) is 0.321. The van der Waals surface area contributed by atoms with E-state index in [1.54, 1.807) is 29.8 Å². The van der Waals surface area contributed by atoms with E-state index in [2.05, 4.69) is 38.0 Å². The number of carbonyl (C=O) groups is 1. The summed E-state index contributed by atoms with van der Waals surface area (Å²) >= 11 is 8.21. The average molecular weight is 500 g/mol. The third-order valence-electron chi connectivity index (χ3n) is 6.35. The average Bonchev–Trinajstić information content (AvgIpc) is 3.46. The highest BCUT2D eigenvalue weighted by Gasteiger charge is 2.23. The molecule has 0 saturated carbocycles. The van der Waals surface area contributed by atoms with Crippen LogP contribution in [0.25, 0.3) is 22.4 Å². The molecule has 1 N–H and O–H groups in total. The lowest BCUT2D eigenvalue weighted by Gasteiger charge is -2.29. The van der Waals surface area contributed by atoms with Gasteiger partial charge in [0.25, 0.3) is 5.91 Å². The molecule has 174 valence electrons. The first-order chi connectivity index (χ1) is 17.1. The smallest absolute Gasteiger partial charge is 0.265 e. The van der Waals surface area contributed by atoms with Gasteiger partial charge in [0.2, 0.25) is 0 Å². The number of para-hydroxylation sites is 2. The molecule has 4 heterocycles. The van der Waals surface area contributed by atoms with Gasteiger partial charge >= 0.3 is 0 Å². The van der Waals surface area contributed by atoms with Crippen molar-refractivity contribution in [2.24, 2.45) is 7.05 Å². The topological polar surface area (TPSA) is 63.1 Å². The van der Waals surface area contributed by atoms with Gasteiger partial charge in [0.15, 0.2) is 0 Å². The molecule has 6 rings (SSSR count). The molecular formula is C27H22ClN5OS. The number of benzene rings is 2. The van der Waals surface area contributed by atoms with Crippen LogP contribution in [0.3, 0.4) is 0 Å². The number of aromatic nitrogens is 3. The largest absolute Gasteiger partial charge is 0.367 e. The van der Waals surface area contributed by atoms with E-state index in [0.29, 0.717) is 10.7 Å². The fraction of sp³-hybridized carbons (Fsp3) is 0.148. The first kappa shape index (κ1) is 21.8. The van der Waals surface area contributed by atoms with Gasteiger partial charge in [0.1, 0.15) is 5.82 Å². The number of hydrogen-bond acceptors (Lipinski definition) is 5. The molecule has 35 heavy (non-hydrogen) atoms. The maximum Gasteiger partial charge on any atom is 0.265 e. The lowest BCUT2D eigenvalue weighted by Crippen LogP contribution is -2.29. The summed E-state index contributed by atoms with van der Waals surface area (Å²) in [4.78, 5) is 26.0. The van der Waals surface area contributed by atoms with Gasteiger partial charge in [-0.15, -0.1) is 11.3 Å². The zero-order valence-electron chi connectivity index (χ0n) is 19.0. The molecule has 1 aliphatic heterocycles. The van der Waals surface area contributed by atoms with Crippen LogP contribution in [0.5, 0.6) is 0 Å². The molecule has 6 nitrogen and oxygen atoms in total. The van der Waals surface area contributed by atoms with Gasteiger partial charge < -0.3 is 14.8 Å². The number of fused-ring (bicyclic) bond motifs is 2. The van der Waals surface area contributed by atoms with Crippen LogP contribution in [0, 0.1) is 0 Å². The molecule has 0 fully saturated rings. The van der Waals surface area contributed by atoms with E-state index >= 15 is 0 Å². The standard InChI is InChI=1S/C27H22ClN5OS/c1-32-23-7-3-2-6-22(23)31-26(32)20-14-19(8-9-21(20)28)33-12-10-24-17(16-33)13-25(35-24)27(34)30-18-5-4-11-29-15-18/h2-9,11,13-15H,10,12,16H2,1H3,(H,30,34). The first-order valence-electron chi connectivity index (χ1n) is 11.4. The van der Waals surface area contributed by atoms with E-state index in [9.17, 15) is 4.79 Å². The van der Waals surface area contributed by atoms with Crippen LogP contribution >= 0.6 is 22.9 Å². The van der Waals surface area contributed by atoms with Crippen molar-refractivity contribution in [3.63, 3.8) is 0 Å². The number of aryl methyl sites for hydroxylation is 1. The lowest BCUT2D eigenvalue weighted by molar-refractivity contribution is 0.103. The molecule has 1 aliphatic rings. The minimum absolute atomic E-state index is 0.0976. The minimum Gasteiger partial charge on any atom is -0.367 e. The SMILES string of the molecule is Cn1c(-c2cc(N3CCc4sc(C(=O)Nc5cccnc5)cc4C3)ccc2Cl)nc2ccccc21. The Bertz CT molecular complexity index is 1560. The van der Waals surface area contributed by atoms with Gasteiger partial charge in [-0.1, -0.05) is 23.7 Å². The molecule has 0 radical (unpaired) electrons. The van der Waals surface area contributed by atoms with Crippen LogP contribution in [0.15, 0.2) is 73.1 Å². The minimum atomic E-state index is -0.0976. The van der Waals surface area contributed by atoms with E-state index in [1.165, 1.54) is 10.4 Å². The van der Waals surface area contributed by atoms with E-state index in [-0.39, 0.29) is 5.91 Å². The third kappa shape index (κ3) is 4.07. The van der Waals surface area contributed by atoms with Crippen molar-refractivity contribution in [1.29, 1.82) is 0 Å². The molecule has 3 aromatic heterocycles. The van der Waals surface area contributed by atoms with Gasteiger partial charge in [-0.05, 0) is 60.5 Å². The molecule has 8 heteroatoms. The van der Waals surface area contributed by atoms with E-state index in [0.717, 1.165) is 52.5 Å². The summed E-state index contributed by atoms with van der Waals surface area (Å²) in [6, 6.07) is 19.9. The number of nitrogens with zero attached hydrogens (tertiary/aromatic N) is 4. The highest BCUT2D eigenvalue weighted by molar-refractivity contribution is 7.14. The predicted octanol–water partition coefficient (Wildman–Crippen LogP) is 6.17. The van der Waals surface area contributed by atoms with Crippen molar-refractivity contribution in [3.05, 3.63) is 93.4 Å². The maximum absolute atomic E-state index is 12.8.